The second kappa shape index (κ2) is 7.94. The number of anilines is 1. The SMILES string of the molecule is CCC(CC)N(CCBr)c1ncc(Br)c(OC)n1. The maximum atomic E-state index is 5.22. The van der Waals surface area contributed by atoms with E-state index in [1.165, 1.54) is 0 Å². The molecule has 0 saturated heterocycles. The lowest BCUT2D eigenvalue weighted by Crippen LogP contribution is -2.37. The second-order valence-electron chi connectivity index (χ2n) is 3.88. The van der Waals surface area contributed by atoms with Gasteiger partial charge in [-0.1, -0.05) is 29.8 Å². The van der Waals surface area contributed by atoms with Gasteiger partial charge in [0.25, 0.3) is 0 Å². The number of aromatic nitrogens is 2. The van der Waals surface area contributed by atoms with Crippen LogP contribution in [0.5, 0.6) is 5.88 Å². The molecule has 0 aliphatic heterocycles. The van der Waals surface area contributed by atoms with Crippen LogP contribution in [0.1, 0.15) is 26.7 Å². The Labute approximate surface area is 125 Å². The molecule has 1 rings (SSSR count). The zero-order valence-electron chi connectivity index (χ0n) is 11.0. The van der Waals surface area contributed by atoms with E-state index in [-0.39, 0.29) is 0 Å². The van der Waals surface area contributed by atoms with Gasteiger partial charge in [-0.05, 0) is 28.8 Å². The van der Waals surface area contributed by atoms with Crippen LogP contribution in [0.15, 0.2) is 10.7 Å². The van der Waals surface area contributed by atoms with Gasteiger partial charge >= 0.3 is 0 Å². The zero-order valence-corrected chi connectivity index (χ0v) is 14.2. The minimum absolute atomic E-state index is 0.452. The van der Waals surface area contributed by atoms with Crippen molar-refractivity contribution in [3.8, 4) is 5.88 Å². The molecule has 18 heavy (non-hydrogen) atoms. The maximum Gasteiger partial charge on any atom is 0.232 e. The van der Waals surface area contributed by atoms with E-state index in [9.17, 15) is 0 Å². The Kier molecular flexibility index (Phi) is 6.92. The molecule has 0 fully saturated rings. The highest BCUT2D eigenvalue weighted by atomic mass is 79.9. The van der Waals surface area contributed by atoms with E-state index in [0.29, 0.717) is 11.9 Å². The third-order valence-corrected chi connectivity index (χ3v) is 3.76. The Balaban J connectivity index is 3.04. The van der Waals surface area contributed by atoms with Gasteiger partial charge in [0.05, 0.1) is 17.8 Å². The average molecular weight is 381 g/mol. The number of alkyl halides is 1. The van der Waals surface area contributed by atoms with E-state index in [4.69, 9.17) is 4.74 Å². The molecule has 0 saturated carbocycles. The fraction of sp³-hybridized carbons (Fsp3) is 0.667. The minimum Gasteiger partial charge on any atom is -0.480 e. The van der Waals surface area contributed by atoms with Crippen molar-refractivity contribution in [3.63, 3.8) is 0 Å². The fourth-order valence-corrected chi connectivity index (χ4v) is 2.63. The molecule has 0 aliphatic carbocycles. The molecule has 0 N–H and O–H groups in total. The molecule has 0 aliphatic rings. The predicted octanol–water partition coefficient (Wildman–Crippen LogP) is 3.64. The van der Waals surface area contributed by atoms with E-state index in [2.05, 4.69) is 60.6 Å². The van der Waals surface area contributed by atoms with Gasteiger partial charge in [0.2, 0.25) is 11.8 Å². The molecular weight excluding hydrogens is 362 g/mol. The summed E-state index contributed by atoms with van der Waals surface area (Å²) in [5.74, 6) is 1.30. The van der Waals surface area contributed by atoms with Gasteiger partial charge in [0.15, 0.2) is 0 Å². The van der Waals surface area contributed by atoms with Crippen LogP contribution < -0.4 is 9.64 Å². The summed E-state index contributed by atoms with van der Waals surface area (Å²) in [4.78, 5) is 11.1. The largest absolute Gasteiger partial charge is 0.480 e. The third kappa shape index (κ3) is 3.82. The van der Waals surface area contributed by atoms with Crippen molar-refractivity contribution in [1.29, 1.82) is 0 Å². The Hall–Kier alpha value is -0.360. The lowest BCUT2D eigenvalue weighted by molar-refractivity contribution is 0.393. The molecule has 4 nitrogen and oxygen atoms in total. The monoisotopic (exact) mass is 379 g/mol. The van der Waals surface area contributed by atoms with E-state index in [1.54, 1.807) is 13.3 Å². The first-order valence-electron chi connectivity index (χ1n) is 6.07. The molecule has 0 aromatic carbocycles. The maximum absolute atomic E-state index is 5.22. The van der Waals surface area contributed by atoms with Gasteiger partial charge in [0.1, 0.15) is 0 Å². The van der Waals surface area contributed by atoms with Crippen molar-refractivity contribution in [2.24, 2.45) is 0 Å². The van der Waals surface area contributed by atoms with Crippen LogP contribution >= 0.6 is 31.9 Å². The Morgan fingerprint density at radius 1 is 1.39 bits per heavy atom. The van der Waals surface area contributed by atoms with Gasteiger partial charge in [-0.2, -0.15) is 4.98 Å². The highest BCUT2D eigenvalue weighted by molar-refractivity contribution is 9.10. The fourth-order valence-electron chi connectivity index (χ4n) is 1.89. The zero-order chi connectivity index (χ0) is 13.5. The summed E-state index contributed by atoms with van der Waals surface area (Å²) >= 11 is 6.86. The van der Waals surface area contributed by atoms with Crippen LogP contribution in [0.3, 0.4) is 0 Å². The standard InChI is InChI=1S/C12H19Br2N3O/c1-4-9(5-2)17(7-6-13)12-15-8-10(14)11(16-12)18-3/h8-9H,4-7H2,1-3H3. The van der Waals surface area contributed by atoms with Crippen molar-refractivity contribution in [2.75, 3.05) is 23.9 Å². The summed E-state index contributed by atoms with van der Waals surface area (Å²) in [6.45, 7) is 5.26. The quantitative estimate of drug-likeness (QED) is 0.677. The number of methoxy groups -OCH3 is 1. The first kappa shape index (κ1) is 15.7. The highest BCUT2D eigenvalue weighted by Crippen LogP contribution is 2.25. The summed E-state index contributed by atoms with van der Waals surface area (Å²) in [5.41, 5.74) is 0. The number of nitrogens with zero attached hydrogens (tertiary/aromatic N) is 3. The minimum atomic E-state index is 0.452. The van der Waals surface area contributed by atoms with E-state index >= 15 is 0 Å². The number of ether oxygens (including phenoxy) is 1. The Morgan fingerprint density at radius 2 is 2.06 bits per heavy atom. The van der Waals surface area contributed by atoms with E-state index < -0.39 is 0 Å². The van der Waals surface area contributed by atoms with Crippen LogP contribution in [-0.2, 0) is 0 Å². The summed E-state index contributed by atoms with van der Waals surface area (Å²) in [7, 11) is 1.61. The van der Waals surface area contributed by atoms with Crippen molar-refractivity contribution in [2.45, 2.75) is 32.7 Å². The molecule has 1 aromatic heterocycles. The summed E-state index contributed by atoms with van der Waals surface area (Å²) < 4.78 is 6.00. The topological polar surface area (TPSA) is 38.2 Å². The third-order valence-electron chi connectivity index (χ3n) is 2.86. The van der Waals surface area contributed by atoms with E-state index in [1.807, 2.05) is 0 Å². The smallest absolute Gasteiger partial charge is 0.232 e. The highest BCUT2D eigenvalue weighted by Gasteiger charge is 2.19. The molecule has 1 heterocycles. The number of rotatable bonds is 7. The lowest BCUT2D eigenvalue weighted by atomic mass is 10.1. The molecule has 0 amide bonds. The lowest BCUT2D eigenvalue weighted by Gasteiger charge is -2.30. The number of hydrogen-bond acceptors (Lipinski definition) is 4. The second-order valence-corrected chi connectivity index (χ2v) is 5.53. The molecule has 0 spiro atoms. The molecule has 0 bridgehead atoms. The first-order valence-corrected chi connectivity index (χ1v) is 7.98. The van der Waals surface area contributed by atoms with Crippen LogP contribution in [0, 0.1) is 0 Å². The number of hydrogen-bond donors (Lipinski definition) is 0. The van der Waals surface area contributed by atoms with Crippen LogP contribution in [0.4, 0.5) is 5.95 Å². The summed E-state index contributed by atoms with van der Waals surface area (Å²) in [6.07, 6.45) is 3.89. The van der Waals surface area contributed by atoms with Gasteiger partial charge in [0, 0.05) is 17.9 Å². The van der Waals surface area contributed by atoms with Crippen molar-refractivity contribution < 1.29 is 4.74 Å². The first-order chi connectivity index (χ1) is 8.67. The van der Waals surface area contributed by atoms with Crippen molar-refractivity contribution >= 4 is 37.8 Å². The average Bonchev–Trinajstić information content (AvgIpc) is 2.40. The predicted molar refractivity (Wildman–Crippen MR) is 81.8 cm³/mol. The Morgan fingerprint density at radius 3 is 2.56 bits per heavy atom. The molecule has 102 valence electrons. The van der Waals surface area contributed by atoms with Crippen molar-refractivity contribution in [1.82, 2.24) is 9.97 Å². The van der Waals surface area contributed by atoms with Crippen LogP contribution in [0.25, 0.3) is 0 Å². The molecule has 0 radical (unpaired) electrons. The molecule has 0 unspecified atom stereocenters. The van der Waals surface area contributed by atoms with Gasteiger partial charge < -0.3 is 9.64 Å². The van der Waals surface area contributed by atoms with Crippen molar-refractivity contribution in [3.05, 3.63) is 10.7 Å². The summed E-state index contributed by atoms with van der Waals surface area (Å²) in [5, 5.41) is 0.894. The van der Waals surface area contributed by atoms with Gasteiger partial charge in [-0.25, -0.2) is 4.98 Å². The van der Waals surface area contributed by atoms with Crippen LogP contribution in [0.2, 0.25) is 0 Å². The molecular formula is C12H19Br2N3O. The van der Waals surface area contributed by atoms with Gasteiger partial charge in [-0.3, -0.25) is 0 Å². The molecule has 6 heteroatoms. The van der Waals surface area contributed by atoms with Gasteiger partial charge in [-0.15, -0.1) is 0 Å². The van der Waals surface area contributed by atoms with E-state index in [0.717, 1.165) is 35.1 Å². The molecule has 0 atom stereocenters. The summed E-state index contributed by atoms with van der Waals surface area (Å²) in [6, 6.07) is 0.452. The number of halogens is 2. The molecule has 1 aromatic rings. The normalized spacial score (nSPS) is 10.8. The van der Waals surface area contributed by atoms with Crippen LogP contribution in [-0.4, -0.2) is 35.0 Å². The Bertz CT molecular complexity index is 372.